The molecule has 0 fully saturated rings. The molecule has 0 bridgehead atoms. The molecule has 1 N–H and O–H groups in total. The van der Waals surface area contributed by atoms with Crippen molar-refractivity contribution < 1.29 is 8.78 Å². The van der Waals surface area contributed by atoms with Gasteiger partial charge in [-0.3, -0.25) is 0 Å². The highest BCUT2D eigenvalue weighted by atomic mass is 19.1. The first-order chi connectivity index (χ1) is 8.61. The smallest absolute Gasteiger partial charge is 0.126 e. The van der Waals surface area contributed by atoms with Crippen LogP contribution < -0.4 is 5.32 Å². The lowest BCUT2D eigenvalue weighted by Gasteiger charge is -2.17. The zero-order chi connectivity index (χ0) is 13.1. The van der Waals surface area contributed by atoms with Gasteiger partial charge in [0, 0.05) is 0 Å². The van der Waals surface area contributed by atoms with Crippen molar-refractivity contribution in [2.24, 2.45) is 0 Å². The van der Waals surface area contributed by atoms with Crippen molar-refractivity contribution >= 4 is 0 Å². The van der Waals surface area contributed by atoms with Gasteiger partial charge in [-0.25, -0.2) is 8.78 Å². The number of hydrogen-bond donors (Lipinski definition) is 1. The van der Waals surface area contributed by atoms with Crippen LogP contribution >= 0.6 is 0 Å². The molecule has 0 aliphatic rings. The first-order valence-electron chi connectivity index (χ1n) is 5.80. The summed E-state index contributed by atoms with van der Waals surface area (Å²) in [6.45, 7) is 1.72. The monoisotopic (exact) mass is 247 g/mol. The standard InChI is InChI=1S/C15H15F2N/c1-10-6-7-12(9-14(10)17)15(18-2)11-4-3-5-13(16)8-11/h3-9,15,18H,1-2H3. The minimum Gasteiger partial charge on any atom is -0.309 e. The van der Waals surface area contributed by atoms with Gasteiger partial charge >= 0.3 is 0 Å². The Morgan fingerprint density at radius 1 is 1.00 bits per heavy atom. The fraction of sp³-hybridized carbons (Fsp3) is 0.200. The van der Waals surface area contributed by atoms with Gasteiger partial charge in [0.05, 0.1) is 6.04 Å². The molecule has 1 unspecified atom stereocenters. The second-order valence-electron chi connectivity index (χ2n) is 4.29. The summed E-state index contributed by atoms with van der Waals surface area (Å²) >= 11 is 0. The molecule has 0 aromatic heterocycles. The zero-order valence-electron chi connectivity index (χ0n) is 10.4. The van der Waals surface area contributed by atoms with Crippen LogP contribution in [0.2, 0.25) is 0 Å². The Kier molecular flexibility index (Phi) is 3.72. The molecular formula is C15H15F2N. The first kappa shape index (κ1) is 12.7. The minimum atomic E-state index is -0.291. The van der Waals surface area contributed by atoms with E-state index in [-0.39, 0.29) is 17.7 Å². The topological polar surface area (TPSA) is 12.0 Å². The van der Waals surface area contributed by atoms with Gasteiger partial charge in [-0.2, -0.15) is 0 Å². The molecule has 0 amide bonds. The average Bonchev–Trinajstić information content (AvgIpc) is 2.35. The molecule has 2 aromatic carbocycles. The summed E-state index contributed by atoms with van der Waals surface area (Å²) in [5.74, 6) is -0.538. The van der Waals surface area contributed by atoms with Crippen LogP contribution in [0.3, 0.4) is 0 Å². The highest BCUT2D eigenvalue weighted by molar-refractivity contribution is 5.34. The summed E-state index contributed by atoms with van der Waals surface area (Å²) in [4.78, 5) is 0. The third kappa shape index (κ3) is 2.57. The highest BCUT2D eigenvalue weighted by Crippen LogP contribution is 2.23. The lowest BCUT2D eigenvalue weighted by molar-refractivity contribution is 0.603. The number of benzene rings is 2. The van der Waals surface area contributed by atoms with Crippen molar-refractivity contribution in [1.82, 2.24) is 5.32 Å². The highest BCUT2D eigenvalue weighted by Gasteiger charge is 2.13. The number of nitrogens with one attached hydrogen (secondary N) is 1. The van der Waals surface area contributed by atoms with E-state index >= 15 is 0 Å². The molecule has 0 saturated heterocycles. The average molecular weight is 247 g/mol. The number of hydrogen-bond acceptors (Lipinski definition) is 1. The predicted octanol–water partition coefficient (Wildman–Crippen LogP) is 3.58. The molecule has 94 valence electrons. The fourth-order valence-corrected chi connectivity index (χ4v) is 2.00. The molecule has 2 rings (SSSR count). The van der Waals surface area contributed by atoms with Crippen molar-refractivity contribution in [3.05, 3.63) is 70.8 Å². The van der Waals surface area contributed by atoms with Crippen LogP contribution in [0.1, 0.15) is 22.7 Å². The van der Waals surface area contributed by atoms with Crippen molar-refractivity contribution in [1.29, 1.82) is 0 Å². The van der Waals surface area contributed by atoms with Gasteiger partial charge in [-0.15, -0.1) is 0 Å². The summed E-state index contributed by atoms with van der Waals surface area (Å²) < 4.78 is 26.8. The Bertz CT molecular complexity index is 552. The van der Waals surface area contributed by atoms with E-state index in [2.05, 4.69) is 5.32 Å². The minimum absolute atomic E-state index is 0.212. The molecule has 0 heterocycles. The van der Waals surface area contributed by atoms with Crippen LogP contribution in [-0.4, -0.2) is 7.05 Å². The molecule has 0 saturated carbocycles. The maximum Gasteiger partial charge on any atom is 0.126 e. The zero-order valence-corrected chi connectivity index (χ0v) is 10.4. The molecule has 2 aromatic rings. The third-order valence-electron chi connectivity index (χ3n) is 3.00. The Balaban J connectivity index is 2.42. The predicted molar refractivity (Wildman–Crippen MR) is 68.4 cm³/mol. The van der Waals surface area contributed by atoms with Gasteiger partial charge in [0.25, 0.3) is 0 Å². The molecule has 1 atom stereocenters. The van der Waals surface area contributed by atoms with E-state index in [9.17, 15) is 8.78 Å². The summed E-state index contributed by atoms with van der Waals surface area (Å²) in [7, 11) is 1.77. The van der Waals surface area contributed by atoms with Crippen LogP contribution in [0.5, 0.6) is 0 Å². The van der Waals surface area contributed by atoms with Gasteiger partial charge in [0.15, 0.2) is 0 Å². The molecule has 18 heavy (non-hydrogen) atoms. The Morgan fingerprint density at radius 2 is 1.72 bits per heavy atom. The third-order valence-corrected chi connectivity index (χ3v) is 3.00. The Morgan fingerprint density at radius 3 is 2.33 bits per heavy atom. The second-order valence-corrected chi connectivity index (χ2v) is 4.29. The van der Waals surface area contributed by atoms with Crippen LogP contribution in [0.4, 0.5) is 8.78 Å². The van der Waals surface area contributed by atoms with Crippen molar-refractivity contribution in [3.63, 3.8) is 0 Å². The summed E-state index contributed by atoms with van der Waals surface area (Å²) in [5.41, 5.74) is 2.17. The lowest BCUT2D eigenvalue weighted by Crippen LogP contribution is -2.18. The number of aryl methyl sites for hydroxylation is 1. The molecular weight excluding hydrogens is 232 g/mol. The van der Waals surface area contributed by atoms with E-state index in [4.69, 9.17) is 0 Å². The quantitative estimate of drug-likeness (QED) is 0.874. The van der Waals surface area contributed by atoms with Crippen molar-refractivity contribution in [2.45, 2.75) is 13.0 Å². The maximum atomic E-state index is 13.6. The second kappa shape index (κ2) is 5.27. The van der Waals surface area contributed by atoms with E-state index < -0.39 is 0 Å². The summed E-state index contributed by atoms with van der Waals surface area (Å²) in [6.07, 6.45) is 0. The lowest BCUT2D eigenvalue weighted by atomic mass is 9.97. The van der Waals surface area contributed by atoms with Gasteiger partial charge in [0.2, 0.25) is 0 Å². The van der Waals surface area contributed by atoms with E-state index in [0.717, 1.165) is 11.1 Å². The maximum absolute atomic E-state index is 13.6. The molecule has 0 spiro atoms. The SMILES string of the molecule is CNC(c1cccc(F)c1)c1ccc(C)c(F)c1. The Hall–Kier alpha value is -1.74. The van der Waals surface area contributed by atoms with Crippen molar-refractivity contribution in [2.75, 3.05) is 7.05 Å². The van der Waals surface area contributed by atoms with Crippen LogP contribution in [-0.2, 0) is 0 Å². The van der Waals surface area contributed by atoms with Crippen LogP contribution in [0, 0.1) is 18.6 Å². The van der Waals surface area contributed by atoms with E-state index in [0.29, 0.717) is 5.56 Å². The summed E-state index contributed by atoms with van der Waals surface area (Å²) in [5, 5.41) is 3.08. The molecule has 0 aliphatic heterocycles. The van der Waals surface area contributed by atoms with Gasteiger partial charge in [0.1, 0.15) is 11.6 Å². The van der Waals surface area contributed by atoms with E-state index in [1.165, 1.54) is 18.2 Å². The normalized spacial score (nSPS) is 12.4. The van der Waals surface area contributed by atoms with E-state index in [1.807, 2.05) is 12.1 Å². The Labute approximate surface area is 105 Å². The van der Waals surface area contributed by atoms with Crippen LogP contribution in [0.25, 0.3) is 0 Å². The fourth-order valence-electron chi connectivity index (χ4n) is 2.00. The van der Waals surface area contributed by atoms with Crippen molar-refractivity contribution in [3.8, 4) is 0 Å². The van der Waals surface area contributed by atoms with Gasteiger partial charge in [-0.05, 0) is 48.9 Å². The van der Waals surface area contributed by atoms with Gasteiger partial charge in [-0.1, -0.05) is 24.3 Å². The summed E-state index contributed by atoms with van der Waals surface area (Å²) in [6, 6.07) is 11.2. The molecule has 3 heteroatoms. The molecule has 0 radical (unpaired) electrons. The van der Waals surface area contributed by atoms with Gasteiger partial charge < -0.3 is 5.32 Å². The molecule has 0 aliphatic carbocycles. The number of rotatable bonds is 3. The molecule has 1 nitrogen and oxygen atoms in total. The number of halogens is 2. The van der Waals surface area contributed by atoms with E-state index in [1.54, 1.807) is 26.1 Å². The first-order valence-corrected chi connectivity index (χ1v) is 5.80. The largest absolute Gasteiger partial charge is 0.309 e. The van der Waals surface area contributed by atoms with Crippen LogP contribution in [0.15, 0.2) is 42.5 Å².